The Morgan fingerprint density at radius 1 is 1.13 bits per heavy atom. The van der Waals surface area contributed by atoms with Crippen molar-refractivity contribution in [3.63, 3.8) is 0 Å². The number of carbonyl (C=O) groups excluding carboxylic acids is 2. The van der Waals surface area contributed by atoms with Gasteiger partial charge in [-0.1, -0.05) is 30.3 Å². The second-order valence-corrected chi connectivity index (χ2v) is 6.47. The summed E-state index contributed by atoms with van der Waals surface area (Å²) in [6.07, 6.45) is 0.430. The molecule has 0 spiro atoms. The van der Waals surface area contributed by atoms with Crippen LogP contribution in [0.1, 0.15) is 35.5 Å². The Hall–Kier alpha value is -3.75. The van der Waals surface area contributed by atoms with Crippen molar-refractivity contribution in [2.75, 3.05) is 6.61 Å². The van der Waals surface area contributed by atoms with Crippen LogP contribution < -0.4 is 10.1 Å². The Morgan fingerprint density at radius 2 is 1.90 bits per heavy atom. The Labute approximate surface area is 174 Å². The molecule has 1 N–H and O–H groups in total. The monoisotopic (exact) mass is 409 g/mol. The van der Waals surface area contributed by atoms with Crippen molar-refractivity contribution < 1.29 is 19.1 Å². The highest BCUT2D eigenvalue weighted by Crippen LogP contribution is 2.15. The van der Waals surface area contributed by atoms with Crippen molar-refractivity contribution in [1.82, 2.24) is 25.3 Å². The van der Waals surface area contributed by atoms with Crippen molar-refractivity contribution in [2.45, 2.75) is 33.4 Å². The number of ether oxygens (including phenoxy) is 2. The average Bonchev–Trinajstić information content (AvgIpc) is 3.15. The van der Waals surface area contributed by atoms with Crippen LogP contribution in [-0.4, -0.2) is 44.6 Å². The molecule has 0 aliphatic heterocycles. The Morgan fingerprint density at radius 3 is 2.57 bits per heavy atom. The van der Waals surface area contributed by atoms with Crippen LogP contribution in [0.25, 0.3) is 5.82 Å². The number of esters is 1. The number of hydrogen-bond donors (Lipinski definition) is 1. The minimum atomic E-state index is -0.950. The maximum Gasteiger partial charge on any atom is 0.342 e. The van der Waals surface area contributed by atoms with Gasteiger partial charge in [0.05, 0.1) is 18.5 Å². The molecule has 2 aromatic heterocycles. The SMILES string of the molecule is CCOc1ccc(-n2ncc(C(=O)O[C@H](C)C(=O)NCc3ccccc3)c2C)nn1. The zero-order chi connectivity index (χ0) is 21.5. The van der Waals surface area contributed by atoms with E-state index in [0.29, 0.717) is 30.5 Å². The smallest absolute Gasteiger partial charge is 0.342 e. The van der Waals surface area contributed by atoms with Gasteiger partial charge in [-0.05, 0) is 32.4 Å². The maximum atomic E-state index is 12.5. The molecule has 1 aromatic carbocycles. The second-order valence-electron chi connectivity index (χ2n) is 6.47. The normalized spacial score (nSPS) is 11.6. The standard InChI is InChI=1S/C21H23N5O4/c1-4-29-19-11-10-18(24-25-19)26-14(2)17(13-23-26)21(28)30-15(3)20(27)22-12-16-8-6-5-7-9-16/h5-11,13,15H,4,12H2,1-3H3,(H,22,27)/t15-/m1/s1. The molecule has 0 aliphatic rings. The molecule has 0 saturated carbocycles. The van der Waals surface area contributed by atoms with E-state index >= 15 is 0 Å². The lowest BCUT2D eigenvalue weighted by Gasteiger charge is -2.13. The van der Waals surface area contributed by atoms with E-state index in [1.807, 2.05) is 37.3 Å². The number of benzene rings is 1. The quantitative estimate of drug-likeness (QED) is 0.568. The molecule has 1 amide bonds. The molecule has 9 nitrogen and oxygen atoms in total. The molecule has 30 heavy (non-hydrogen) atoms. The number of amides is 1. The molecule has 0 saturated heterocycles. The molecule has 9 heteroatoms. The van der Waals surface area contributed by atoms with Crippen molar-refractivity contribution in [1.29, 1.82) is 0 Å². The molecule has 3 rings (SSSR count). The van der Waals surface area contributed by atoms with E-state index in [2.05, 4.69) is 20.6 Å². The van der Waals surface area contributed by atoms with Crippen LogP contribution in [0.4, 0.5) is 0 Å². The molecule has 0 unspecified atom stereocenters. The highest BCUT2D eigenvalue weighted by Gasteiger charge is 2.22. The first kappa shape index (κ1) is 21.0. The zero-order valence-electron chi connectivity index (χ0n) is 17.0. The van der Waals surface area contributed by atoms with Gasteiger partial charge in [0, 0.05) is 12.6 Å². The summed E-state index contributed by atoms with van der Waals surface area (Å²) in [5.74, 6) is -0.181. The summed E-state index contributed by atoms with van der Waals surface area (Å²) in [6.45, 7) is 5.93. The predicted molar refractivity (Wildman–Crippen MR) is 108 cm³/mol. The fourth-order valence-electron chi connectivity index (χ4n) is 2.70. The van der Waals surface area contributed by atoms with E-state index in [0.717, 1.165) is 5.56 Å². The molecule has 2 heterocycles. The summed E-state index contributed by atoms with van der Waals surface area (Å²) in [5.41, 5.74) is 1.72. The van der Waals surface area contributed by atoms with Gasteiger partial charge in [0.1, 0.15) is 5.56 Å². The first-order valence-corrected chi connectivity index (χ1v) is 9.53. The molecule has 0 radical (unpaired) electrons. The van der Waals surface area contributed by atoms with E-state index in [1.54, 1.807) is 19.1 Å². The predicted octanol–water partition coefficient (Wildman–Crippen LogP) is 2.23. The van der Waals surface area contributed by atoms with Crippen LogP contribution >= 0.6 is 0 Å². The summed E-state index contributed by atoms with van der Waals surface area (Å²) >= 11 is 0. The van der Waals surface area contributed by atoms with Gasteiger partial charge in [-0.3, -0.25) is 4.79 Å². The van der Waals surface area contributed by atoms with E-state index < -0.39 is 12.1 Å². The van der Waals surface area contributed by atoms with E-state index in [9.17, 15) is 9.59 Å². The van der Waals surface area contributed by atoms with Gasteiger partial charge in [0.15, 0.2) is 11.9 Å². The third-order valence-electron chi connectivity index (χ3n) is 4.33. The van der Waals surface area contributed by atoms with Gasteiger partial charge in [0.2, 0.25) is 5.88 Å². The second kappa shape index (κ2) is 9.64. The van der Waals surface area contributed by atoms with Crippen LogP contribution in [0, 0.1) is 6.92 Å². The third-order valence-corrected chi connectivity index (χ3v) is 4.33. The molecule has 0 fully saturated rings. The van der Waals surface area contributed by atoms with Gasteiger partial charge in [-0.15, -0.1) is 10.2 Å². The van der Waals surface area contributed by atoms with Crippen LogP contribution in [0.2, 0.25) is 0 Å². The molecule has 3 aromatic rings. The van der Waals surface area contributed by atoms with E-state index in [-0.39, 0.29) is 11.5 Å². The van der Waals surface area contributed by atoms with Crippen LogP contribution in [0.5, 0.6) is 5.88 Å². The largest absolute Gasteiger partial charge is 0.477 e. The lowest BCUT2D eigenvalue weighted by Crippen LogP contribution is -2.35. The average molecular weight is 409 g/mol. The van der Waals surface area contributed by atoms with E-state index in [1.165, 1.54) is 17.8 Å². The minimum Gasteiger partial charge on any atom is -0.477 e. The molecular formula is C21H23N5O4. The minimum absolute atomic E-state index is 0.244. The topological polar surface area (TPSA) is 108 Å². The van der Waals surface area contributed by atoms with Crippen LogP contribution in [-0.2, 0) is 16.1 Å². The fraction of sp³-hybridized carbons (Fsp3) is 0.286. The van der Waals surface area contributed by atoms with E-state index in [4.69, 9.17) is 9.47 Å². The molecule has 1 atom stereocenters. The zero-order valence-corrected chi connectivity index (χ0v) is 17.0. The van der Waals surface area contributed by atoms with Crippen molar-refractivity contribution in [2.24, 2.45) is 0 Å². The fourth-order valence-corrected chi connectivity index (χ4v) is 2.70. The number of rotatable bonds is 8. The number of carbonyl (C=O) groups is 2. The Kier molecular flexibility index (Phi) is 6.74. The van der Waals surface area contributed by atoms with Crippen molar-refractivity contribution in [3.8, 4) is 11.7 Å². The van der Waals surface area contributed by atoms with Gasteiger partial charge in [-0.2, -0.15) is 5.10 Å². The summed E-state index contributed by atoms with van der Waals surface area (Å²) in [5, 5.41) is 14.9. The summed E-state index contributed by atoms with van der Waals surface area (Å²) in [6, 6.07) is 12.8. The summed E-state index contributed by atoms with van der Waals surface area (Å²) < 4.78 is 12.0. The third kappa shape index (κ3) is 4.99. The summed E-state index contributed by atoms with van der Waals surface area (Å²) in [4.78, 5) is 24.8. The number of hydrogen-bond acceptors (Lipinski definition) is 7. The first-order valence-electron chi connectivity index (χ1n) is 9.53. The molecular weight excluding hydrogens is 386 g/mol. The number of aromatic nitrogens is 4. The number of nitrogens with zero attached hydrogens (tertiary/aromatic N) is 4. The van der Waals surface area contributed by atoms with Crippen LogP contribution in [0.15, 0.2) is 48.7 Å². The highest BCUT2D eigenvalue weighted by atomic mass is 16.5. The number of nitrogens with one attached hydrogen (secondary N) is 1. The van der Waals surface area contributed by atoms with Gasteiger partial charge < -0.3 is 14.8 Å². The molecule has 0 bridgehead atoms. The lowest BCUT2D eigenvalue weighted by atomic mass is 10.2. The molecule has 156 valence electrons. The lowest BCUT2D eigenvalue weighted by molar-refractivity contribution is -0.129. The first-order chi connectivity index (χ1) is 14.5. The van der Waals surface area contributed by atoms with Crippen LogP contribution in [0.3, 0.4) is 0 Å². The van der Waals surface area contributed by atoms with Gasteiger partial charge in [0.25, 0.3) is 5.91 Å². The van der Waals surface area contributed by atoms with Gasteiger partial charge in [-0.25, -0.2) is 9.48 Å². The van der Waals surface area contributed by atoms with Crippen molar-refractivity contribution >= 4 is 11.9 Å². The highest BCUT2D eigenvalue weighted by molar-refractivity contribution is 5.93. The van der Waals surface area contributed by atoms with Gasteiger partial charge >= 0.3 is 5.97 Å². The Bertz CT molecular complexity index is 1000. The maximum absolute atomic E-state index is 12.5. The van der Waals surface area contributed by atoms with Crippen molar-refractivity contribution in [3.05, 3.63) is 65.5 Å². The summed E-state index contributed by atoms with van der Waals surface area (Å²) in [7, 11) is 0. The Balaban J connectivity index is 1.62. The molecule has 0 aliphatic carbocycles.